The van der Waals surface area contributed by atoms with Crippen LogP contribution in [0.2, 0.25) is 0 Å². The summed E-state index contributed by atoms with van der Waals surface area (Å²) >= 11 is 3.38. The average molecular weight is 340 g/mol. The monoisotopic (exact) mass is 339 g/mol. The molecule has 0 saturated carbocycles. The molecule has 106 valence electrons. The number of aromatic nitrogens is 1. The van der Waals surface area contributed by atoms with Crippen molar-refractivity contribution in [3.05, 3.63) is 39.7 Å². The van der Waals surface area contributed by atoms with Crippen molar-refractivity contribution in [2.45, 2.75) is 20.5 Å². The molecule has 2 rings (SSSR count). The standard InChI is InChI=1S/C14H14BrNO4/c1-3-18-13-6-10(7-17)5-12(15)14(13)19-8-11-4-9(2)20-16-11/h4-7H,3,8H2,1-2H3. The highest BCUT2D eigenvalue weighted by Gasteiger charge is 2.13. The second-order valence-electron chi connectivity index (χ2n) is 4.10. The normalized spacial score (nSPS) is 10.3. The first-order valence-corrected chi connectivity index (χ1v) is 6.89. The van der Waals surface area contributed by atoms with Gasteiger partial charge in [-0.3, -0.25) is 4.79 Å². The minimum absolute atomic E-state index is 0.260. The summed E-state index contributed by atoms with van der Waals surface area (Å²) in [4.78, 5) is 10.9. The van der Waals surface area contributed by atoms with Crippen LogP contribution in [0.3, 0.4) is 0 Å². The van der Waals surface area contributed by atoms with E-state index in [0.717, 1.165) is 12.0 Å². The molecule has 0 aliphatic rings. The molecule has 0 unspecified atom stereocenters. The van der Waals surface area contributed by atoms with Gasteiger partial charge in [-0.25, -0.2) is 0 Å². The molecule has 0 N–H and O–H groups in total. The van der Waals surface area contributed by atoms with E-state index in [1.165, 1.54) is 0 Å². The van der Waals surface area contributed by atoms with E-state index in [4.69, 9.17) is 14.0 Å². The van der Waals surface area contributed by atoms with Gasteiger partial charge in [0.15, 0.2) is 11.5 Å². The van der Waals surface area contributed by atoms with Gasteiger partial charge in [0.2, 0.25) is 0 Å². The van der Waals surface area contributed by atoms with Crippen LogP contribution in [0.1, 0.15) is 28.7 Å². The Morgan fingerprint density at radius 1 is 1.35 bits per heavy atom. The topological polar surface area (TPSA) is 61.6 Å². The summed E-state index contributed by atoms with van der Waals surface area (Å²) in [6.07, 6.45) is 0.762. The van der Waals surface area contributed by atoms with Crippen LogP contribution in [0, 0.1) is 6.92 Å². The number of hydrogen-bond acceptors (Lipinski definition) is 5. The maximum atomic E-state index is 10.9. The Balaban J connectivity index is 2.22. The van der Waals surface area contributed by atoms with Crippen molar-refractivity contribution in [2.24, 2.45) is 0 Å². The number of halogens is 1. The molecule has 0 aliphatic carbocycles. The fourth-order valence-corrected chi connectivity index (χ4v) is 2.27. The minimum Gasteiger partial charge on any atom is -0.490 e. The number of rotatable bonds is 6. The Labute approximate surface area is 125 Å². The number of hydrogen-bond donors (Lipinski definition) is 0. The maximum absolute atomic E-state index is 10.9. The first-order chi connectivity index (χ1) is 9.63. The fraction of sp³-hybridized carbons (Fsp3) is 0.286. The number of benzene rings is 1. The van der Waals surface area contributed by atoms with Gasteiger partial charge >= 0.3 is 0 Å². The van der Waals surface area contributed by atoms with Crippen molar-refractivity contribution in [3.63, 3.8) is 0 Å². The van der Waals surface area contributed by atoms with Gasteiger partial charge in [0.1, 0.15) is 24.3 Å². The van der Waals surface area contributed by atoms with Crippen molar-refractivity contribution >= 4 is 22.2 Å². The van der Waals surface area contributed by atoms with E-state index in [1.54, 1.807) is 18.2 Å². The van der Waals surface area contributed by atoms with E-state index in [2.05, 4.69) is 21.1 Å². The third kappa shape index (κ3) is 3.39. The van der Waals surface area contributed by atoms with Crippen LogP contribution in [0.25, 0.3) is 0 Å². The number of aryl methyl sites for hydroxylation is 1. The quantitative estimate of drug-likeness (QED) is 0.753. The Morgan fingerprint density at radius 3 is 2.75 bits per heavy atom. The lowest BCUT2D eigenvalue weighted by Crippen LogP contribution is -2.01. The molecule has 1 aromatic carbocycles. The Morgan fingerprint density at radius 2 is 2.15 bits per heavy atom. The van der Waals surface area contributed by atoms with E-state index >= 15 is 0 Å². The molecule has 1 aromatic heterocycles. The van der Waals surface area contributed by atoms with Gasteiger partial charge in [-0.1, -0.05) is 5.16 Å². The highest BCUT2D eigenvalue weighted by Crippen LogP contribution is 2.37. The van der Waals surface area contributed by atoms with E-state index in [9.17, 15) is 4.79 Å². The lowest BCUT2D eigenvalue weighted by Gasteiger charge is -2.13. The number of carbonyl (C=O) groups excluding carboxylic acids is 1. The predicted octanol–water partition coefficient (Wildman–Crippen LogP) is 3.54. The lowest BCUT2D eigenvalue weighted by molar-refractivity contribution is 0.112. The highest BCUT2D eigenvalue weighted by molar-refractivity contribution is 9.10. The maximum Gasteiger partial charge on any atom is 0.175 e. The molecule has 0 fully saturated rings. The van der Waals surface area contributed by atoms with Crippen LogP contribution in [0.5, 0.6) is 11.5 Å². The van der Waals surface area contributed by atoms with Crippen molar-refractivity contribution in [3.8, 4) is 11.5 Å². The molecule has 0 amide bonds. The second kappa shape index (κ2) is 6.56. The second-order valence-corrected chi connectivity index (χ2v) is 4.95. The molecule has 5 nitrogen and oxygen atoms in total. The van der Waals surface area contributed by atoms with Crippen molar-refractivity contribution in [2.75, 3.05) is 6.61 Å². The minimum atomic E-state index is 0.260. The van der Waals surface area contributed by atoms with Gasteiger partial charge in [0.25, 0.3) is 0 Å². The van der Waals surface area contributed by atoms with Crippen LogP contribution in [-0.2, 0) is 6.61 Å². The zero-order valence-corrected chi connectivity index (χ0v) is 12.8. The zero-order valence-electron chi connectivity index (χ0n) is 11.2. The average Bonchev–Trinajstić information content (AvgIpc) is 2.83. The summed E-state index contributed by atoms with van der Waals surface area (Å²) in [5.41, 5.74) is 1.21. The van der Waals surface area contributed by atoms with Crippen LogP contribution in [0.15, 0.2) is 27.2 Å². The SMILES string of the molecule is CCOc1cc(C=O)cc(Br)c1OCc1cc(C)on1. The lowest BCUT2D eigenvalue weighted by atomic mass is 10.2. The molecule has 2 aromatic rings. The molecule has 0 spiro atoms. The Bertz CT molecular complexity index is 609. The van der Waals surface area contributed by atoms with E-state index in [1.807, 2.05) is 13.8 Å². The smallest absolute Gasteiger partial charge is 0.175 e. The first kappa shape index (κ1) is 14.6. The summed E-state index contributed by atoms with van der Waals surface area (Å²) in [5, 5.41) is 3.86. The fourth-order valence-electron chi connectivity index (χ4n) is 1.69. The highest BCUT2D eigenvalue weighted by atomic mass is 79.9. The van der Waals surface area contributed by atoms with E-state index in [0.29, 0.717) is 33.8 Å². The van der Waals surface area contributed by atoms with Gasteiger partial charge in [0, 0.05) is 11.6 Å². The van der Waals surface area contributed by atoms with Gasteiger partial charge in [0.05, 0.1) is 11.1 Å². The largest absolute Gasteiger partial charge is 0.490 e. The molecule has 0 bridgehead atoms. The van der Waals surface area contributed by atoms with Gasteiger partial charge in [-0.2, -0.15) is 0 Å². The zero-order chi connectivity index (χ0) is 14.5. The summed E-state index contributed by atoms with van der Waals surface area (Å²) in [7, 11) is 0. The first-order valence-electron chi connectivity index (χ1n) is 6.10. The predicted molar refractivity (Wildman–Crippen MR) is 76.3 cm³/mol. The van der Waals surface area contributed by atoms with Crippen LogP contribution in [-0.4, -0.2) is 18.0 Å². The van der Waals surface area contributed by atoms with Gasteiger partial charge in [-0.15, -0.1) is 0 Å². The molecule has 0 atom stereocenters. The summed E-state index contributed by atoms with van der Waals surface area (Å²) in [6.45, 7) is 4.42. The third-order valence-electron chi connectivity index (χ3n) is 2.51. The molecule has 0 aliphatic heterocycles. The van der Waals surface area contributed by atoms with Crippen LogP contribution in [0.4, 0.5) is 0 Å². The molecular formula is C14H14BrNO4. The number of nitrogens with zero attached hydrogens (tertiary/aromatic N) is 1. The number of aldehydes is 1. The number of ether oxygens (including phenoxy) is 2. The van der Waals surface area contributed by atoms with E-state index in [-0.39, 0.29) is 6.61 Å². The molecule has 1 heterocycles. The summed E-state index contributed by atoms with van der Waals surface area (Å²) in [6, 6.07) is 5.12. The summed E-state index contributed by atoms with van der Waals surface area (Å²) < 4.78 is 16.8. The third-order valence-corrected chi connectivity index (χ3v) is 3.10. The molecule has 0 radical (unpaired) electrons. The van der Waals surface area contributed by atoms with Gasteiger partial charge in [-0.05, 0) is 41.9 Å². The van der Waals surface area contributed by atoms with Gasteiger partial charge < -0.3 is 14.0 Å². The molecule has 0 saturated heterocycles. The number of carbonyl (C=O) groups is 1. The van der Waals surface area contributed by atoms with Crippen molar-refractivity contribution < 1.29 is 18.8 Å². The van der Waals surface area contributed by atoms with Crippen LogP contribution < -0.4 is 9.47 Å². The Hall–Kier alpha value is -1.82. The molecule has 6 heteroatoms. The van der Waals surface area contributed by atoms with Crippen molar-refractivity contribution in [1.82, 2.24) is 5.16 Å². The van der Waals surface area contributed by atoms with Crippen molar-refractivity contribution in [1.29, 1.82) is 0 Å². The Kier molecular flexibility index (Phi) is 4.79. The summed E-state index contributed by atoms with van der Waals surface area (Å²) in [5.74, 6) is 1.78. The van der Waals surface area contributed by atoms with Crippen LogP contribution >= 0.6 is 15.9 Å². The van der Waals surface area contributed by atoms with E-state index < -0.39 is 0 Å². The molecule has 20 heavy (non-hydrogen) atoms. The molecular weight excluding hydrogens is 326 g/mol.